The van der Waals surface area contributed by atoms with Gasteiger partial charge < -0.3 is 24.1 Å². The topological polar surface area (TPSA) is 105 Å². The minimum atomic E-state index is -1.22. The molecule has 0 spiro atoms. The van der Waals surface area contributed by atoms with E-state index in [9.17, 15) is 19.5 Å². The summed E-state index contributed by atoms with van der Waals surface area (Å²) in [6.07, 6.45) is 1.49. The summed E-state index contributed by atoms with van der Waals surface area (Å²) in [5, 5.41) is 10.0. The minimum Gasteiger partial charge on any atom is -0.550 e. The Morgan fingerprint density at radius 3 is 2.27 bits per heavy atom. The molecule has 0 unspecified atom stereocenters. The average Bonchev–Trinajstić information content (AvgIpc) is 2.87. The zero-order chi connectivity index (χ0) is 19.3. The fourth-order valence-corrected chi connectivity index (χ4v) is 3.28. The highest BCUT2D eigenvalue weighted by Gasteiger charge is 2.34. The Morgan fingerprint density at radius 2 is 1.77 bits per heavy atom. The van der Waals surface area contributed by atoms with Gasteiger partial charge in [-0.05, 0) is 48.4 Å². The monoisotopic (exact) mass is 380 g/mol. The lowest BCUT2D eigenvalue weighted by Crippen LogP contribution is -2.30. The number of methoxy groups -OCH3 is 3. The van der Waals surface area contributed by atoms with Gasteiger partial charge in [0.15, 0.2) is 11.5 Å². The van der Waals surface area contributed by atoms with E-state index in [1.165, 1.54) is 21.3 Å². The number of carbonyl (C=O) groups excluding carboxylic acids is 3. The molecule has 1 aliphatic heterocycles. The largest absolute Gasteiger partial charge is 0.550 e. The summed E-state index contributed by atoms with van der Waals surface area (Å²) in [4.78, 5) is 36.1. The molecular formula is C17H18NO7S-. The Morgan fingerprint density at radius 1 is 1.15 bits per heavy atom. The number of carboxylic acids is 1. The van der Waals surface area contributed by atoms with Gasteiger partial charge in [-0.1, -0.05) is 0 Å². The molecule has 1 aromatic carbocycles. The van der Waals surface area contributed by atoms with E-state index in [4.69, 9.17) is 14.2 Å². The van der Waals surface area contributed by atoms with Gasteiger partial charge >= 0.3 is 0 Å². The van der Waals surface area contributed by atoms with Gasteiger partial charge in [-0.15, -0.1) is 0 Å². The molecule has 2 amide bonds. The molecule has 0 radical (unpaired) electrons. The predicted octanol–water partition coefficient (Wildman–Crippen LogP) is 1.28. The molecule has 0 bridgehead atoms. The first-order valence-electron chi connectivity index (χ1n) is 7.66. The molecule has 1 fully saturated rings. The Kier molecular flexibility index (Phi) is 6.51. The number of carboxylic acid groups (broad SMARTS) is 1. The Hall–Kier alpha value is -2.68. The number of carbonyl (C=O) groups is 3. The average molecular weight is 380 g/mol. The Labute approximate surface area is 154 Å². The van der Waals surface area contributed by atoms with Crippen LogP contribution in [-0.2, 0) is 9.59 Å². The van der Waals surface area contributed by atoms with Crippen molar-refractivity contribution in [1.82, 2.24) is 4.90 Å². The number of imide groups is 1. The second-order valence-corrected chi connectivity index (χ2v) is 6.26. The lowest BCUT2D eigenvalue weighted by Gasteiger charge is -2.13. The van der Waals surface area contributed by atoms with E-state index in [1.807, 2.05) is 0 Å². The summed E-state index contributed by atoms with van der Waals surface area (Å²) in [6.45, 7) is 0.0330. The van der Waals surface area contributed by atoms with Crippen molar-refractivity contribution >= 4 is 35.0 Å². The Balaban J connectivity index is 2.25. The molecule has 2 rings (SSSR count). The van der Waals surface area contributed by atoms with Crippen LogP contribution < -0.4 is 19.3 Å². The third-order valence-corrected chi connectivity index (χ3v) is 4.53. The van der Waals surface area contributed by atoms with Gasteiger partial charge in [-0.25, -0.2) is 0 Å². The van der Waals surface area contributed by atoms with E-state index in [1.54, 1.807) is 18.2 Å². The summed E-state index contributed by atoms with van der Waals surface area (Å²) >= 11 is 0.795. The van der Waals surface area contributed by atoms with E-state index in [2.05, 4.69) is 0 Å². The number of nitrogens with zero attached hydrogens (tertiary/aromatic N) is 1. The van der Waals surface area contributed by atoms with Crippen LogP contribution in [0.4, 0.5) is 4.79 Å². The third-order valence-electron chi connectivity index (χ3n) is 3.62. The second kappa shape index (κ2) is 8.61. The first-order valence-corrected chi connectivity index (χ1v) is 8.48. The number of thioether (sulfide) groups is 1. The molecule has 0 N–H and O–H groups in total. The molecule has 1 heterocycles. The van der Waals surface area contributed by atoms with Crippen LogP contribution in [0.2, 0.25) is 0 Å². The maximum absolute atomic E-state index is 12.4. The highest BCUT2D eigenvalue weighted by atomic mass is 32.2. The van der Waals surface area contributed by atoms with Gasteiger partial charge in [0.05, 0.1) is 26.2 Å². The molecule has 0 saturated carbocycles. The summed E-state index contributed by atoms with van der Waals surface area (Å²) in [5.41, 5.74) is 0.597. The lowest BCUT2D eigenvalue weighted by molar-refractivity contribution is -0.305. The number of rotatable bonds is 8. The van der Waals surface area contributed by atoms with E-state index in [0.717, 1.165) is 16.7 Å². The zero-order valence-electron chi connectivity index (χ0n) is 14.6. The van der Waals surface area contributed by atoms with Gasteiger partial charge in [-0.3, -0.25) is 14.5 Å². The van der Waals surface area contributed by atoms with Crippen molar-refractivity contribution in [2.45, 2.75) is 12.8 Å². The van der Waals surface area contributed by atoms with Gasteiger partial charge in [0.1, 0.15) is 0 Å². The molecule has 26 heavy (non-hydrogen) atoms. The SMILES string of the molecule is COc1cc(/C=C2\SC(=O)N(CCCC(=O)[O-])C2=O)cc(OC)c1OC. The van der Waals surface area contributed by atoms with E-state index < -0.39 is 17.1 Å². The predicted molar refractivity (Wildman–Crippen MR) is 93.0 cm³/mol. The Bertz CT molecular complexity index is 734. The van der Waals surface area contributed by atoms with Crippen molar-refractivity contribution < 1.29 is 33.7 Å². The van der Waals surface area contributed by atoms with Crippen molar-refractivity contribution in [3.63, 3.8) is 0 Å². The molecule has 8 nitrogen and oxygen atoms in total. The lowest BCUT2D eigenvalue weighted by atomic mass is 10.1. The highest BCUT2D eigenvalue weighted by molar-refractivity contribution is 8.18. The third kappa shape index (κ3) is 4.29. The highest BCUT2D eigenvalue weighted by Crippen LogP contribution is 2.40. The minimum absolute atomic E-state index is 0.0330. The fraction of sp³-hybridized carbons (Fsp3) is 0.353. The van der Waals surface area contributed by atoms with Crippen molar-refractivity contribution in [1.29, 1.82) is 0 Å². The second-order valence-electron chi connectivity index (χ2n) is 5.27. The zero-order valence-corrected chi connectivity index (χ0v) is 15.4. The first kappa shape index (κ1) is 19.6. The quantitative estimate of drug-likeness (QED) is 0.621. The molecular weight excluding hydrogens is 362 g/mol. The first-order chi connectivity index (χ1) is 12.4. The van der Waals surface area contributed by atoms with E-state index in [0.29, 0.717) is 22.8 Å². The van der Waals surface area contributed by atoms with Crippen molar-refractivity contribution in [2.24, 2.45) is 0 Å². The summed E-state index contributed by atoms with van der Waals surface area (Å²) in [5.74, 6) is -0.419. The van der Waals surface area contributed by atoms with Crippen LogP contribution in [0.1, 0.15) is 18.4 Å². The van der Waals surface area contributed by atoms with Crippen LogP contribution in [0.3, 0.4) is 0 Å². The number of aliphatic carboxylic acids is 1. The van der Waals surface area contributed by atoms with Crippen LogP contribution in [0, 0.1) is 0 Å². The molecule has 1 saturated heterocycles. The molecule has 1 aromatic rings. The van der Waals surface area contributed by atoms with Crippen LogP contribution in [0.25, 0.3) is 6.08 Å². The van der Waals surface area contributed by atoms with Crippen molar-refractivity contribution in [3.05, 3.63) is 22.6 Å². The fourth-order valence-electron chi connectivity index (χ4n) is 2.41. The van der Waals surface area contributed by atoms with Gasteiger partial charge in [0, 0.05) is 12.5 Å². The number of hydrogen-bond donors (Lipinski definition) is 0. The molecule has 0 atom stereocenters. The standard InChI is InChI=1S/C17H19NO7S/c1-23-11-7-10(8-12(24-2)15(11)25-3)9-13-16(21)18(17(22)26-13)6-4-5-14(19)20/h7-9H,4-6H2,1-3H3,(H,19,20)/p-1/b13-9-. The maximum Gasteiger partial charge on any atom is 0.293 e. The van der Waals surface area contributed by atoms with Gasteiger partial charge in [-0.2, -0.15) is 0 Å². The van der Waals surface area contributed by atoms with Crippen LogP contribution in [0.15, 0.2) is 17.0 Å². The van der Waals surface area contributed by atoms with Gasteiger partial charge in [0.2, 0.25) is 5.75 Å². The van der Waals surface area contributed by atoms with Crippen LogP contribution in [0.5, 0.6) is 17.2 Å². The van der Waals surface area contributed by atoms with Crippen LogP contribution >= 0.6 is 11.8 Å². The molecule has 9 heteroatoms. The molecule has 0 aromatic heterocycles. The number of benzene rings is 1. The maximum atomic E-state index is 12.4. The van der Waals surface area contributed by atoms with E-state index >= 15 is 0 Å². The van der Waals surface area contributed by atoms with Crippen LogP contribution in [-0.4, -0.2) is 49.9 Å². The molecule has 1 aliphatic rings. The smallest absolute Gasteiger partial charge is 0.293 e. The van der Waals surface area contributed by atoms with Crippen molar-refractivity contribution in [3.8, 4) is 17.2 Å². The van der Waals surface area contributed by atoms with E-state index in [-0.39, 0.29) is 24.3 Å². The normalized spacial score (nSPS) is 15.5. The van der Waals surface area contributed by atoms with Gasteiger partial charge in [0.25, 0.3) is 11.1 Å². The van der Waals surface area contributed by atoms with Crippen molar-refractivity contribution in [2.75, 3.05) is 27.9 Å². The molecule has 140 valence electrons. The molecule has 0 aliphatic carbocycles. The summed E-state index contributed by atoms with van der Waals surface area (Å²) < 4.78 is 15.8. The number of ether oxygens (including phenoxy) is 3. The summed E-state index contributed by atoms with van der Waals surface area (Å²) in [6, 6.07) is 3.32. The number of amides is 2. The number of hydrogen-bond acceptors (Lipinski definition) is 8. The summed E-state index contributed by atoms with van der Waals surface area (Å²) in [7, 11) is 4.44.